The predicted octanol–water partition coefficient (Wildman–Crippen LogP) is 1.92. The summed E-state index contributed by atoms with van der Waals surface area (Å²) in [6, 6.07) is 5.33. The molecule has 1 aromatic carbocycles. The van der Waals surface area contributed by atoms with Crippen LogP contribution in [0.1, 0.15) is 22.8 Å². The Labute approximate surface area is 126 Å². The summed E-state index contributed by atoms with van der Waals surface area (Å²) in [4.78, 5) is 27.9. The number of likely N-dealkylation sites (N-methyl/N-ethyl adjacent to an activating group) is 1. The summed E-state index contributed by atoms with van der Waals surface area (Å²) < 4.78 is 0.746. The van der Waals surface area contributed by atoms with Crippen LogP contribution in [0.25, 0.3) is 0 Å². The monoisotopic (exact) mass is 386 g/mol. The molecule has 1 atom stereocenters. The fraction of sp³-hybridized carbons (Fsp3) is 0.308. The van der Waals surface area contributed by atoms with E-state index in [1.165, 1.54) is 7.05 Å². The normalized spacial score (nSPS) is 22.1. The van der Waals surface area contributed by atoms with Gasteiger partial charge in [0, 0.05) is 0 Å². The first-order valence-electron chi connectivity index (χ1n) is 5.56. The van der Waals surface area contributed by atoms with Gasteiger partial charge in [0.15, 0.2) is 0 Å². The van der Waals surface area contributed by atoms with Crippen LogP contribution in [0.4, 0.5) is 0 Å². The molecule has 6 heteroatoms. The number of carbonyl (C=O) groups is 2. The third kappa shape index (κ3) is 2.12. The van der Waals surface area contributed by atoms with Crippen LogP contribution in [0.5, 0.6) is 0 Å². The number of nitriles is 1. The summed E-state index contributed by atoms with van der Waals surface area (Å²) in [7, 11) is 1.49. The quantitative estimate of drug-likeness (QED) is 0.577. The number of imide groups is 1. The number of amides is 2. The average Bonchev–Trinajstić information content (AvgIpc) is 2.40. The number of hydrogen-bond donors (Lipinski definition) is 0. The van der Waals surface area contributed by atoms with Gasteiger partial charge in [0.25, 0.3) is 0 Å². The van der Waals surface area contributed by atoms with Crippen LogP contribution in [-0.2, 0) is 10.2 Å². The van der Waals surface area contributed by atoms with E-state index in [4.69, 9.17) is 5.26 Å². The van der Waals surface area contributed by atoms with Crippen molar-refractivity contribution >= 4 is 42.7 Å². The topological polar surface area (TPSA) is 61.2 Å². The van der Waals surface area contributed by atoms with Crippen molar-refractivity contribution in [3.8, 4) is 4.97 Å². The molecule has 0 aromatic heterocycles. The van der Waals surface area contributed by atoms with E-state index in [1.807, 2.05) is 6.07 Å². The SMILES string of the molecule is CN1C(=O)c2cccc(Br)c2C(C)(C[Se]C#N)C1=O. The summed E-state index contributed by atoms with van der Waals surface area (Å²) in [6.45, 7) is 1.81. The first kappa shape index (κ1) is 14.3. The van der Waals surface area contributed by atoms with Gasteiger partial charge in [0.2, 0.25) is 0 Å². The molecule has 0 radical (unpaired) electrons. The van der Waals surface area contributed by atoms with Gasteiger partial charge in [0.05, 0.1) is 0 Å². The molecule has 0 saturated heterocycles. The number of carbonyl (C=O) groups excluding carboxylic acids is 2. The van der Waals surface area contributed by atoms with E-state index in [9.17, 15) is 9.59 Å². The molecule has 0 saturated carbocycles. The Balaban J connectivity index is 2.68. The molecule has 2 rings (SSSR count). The average molecular weight is 386 g/mol. The zero-order valence-electron chi connectivity index (χ0n) is 10.4. The van der Waals surface area contributed by atoms with Gasteiger partial charge in [-0.1, -0.05) is 0 Å². The fourth-order valence-corrected chi connectivity index (χ4v) is 4.43. The third-order valence-electron chi connectivity index (χ3n) is 3.30. The van der Waals surface area contributed by atoms with E-state index in [-0.39, 0.29) is 26.8 Å². The van der Waals surface area contributed by atoms with Crippen LogP contribution in [0.2, 0.25) is 5.32 Å². The molecule has 1 heterocycles. The minimum atomic E-state index is -0.812. The molecule has 0 bridgehead atoms. The Bertz CT molecular complexity index is 611. The number of benzene rings is 1. The summed E-state index contributed by atoms with van der Waals surface area (Å²) in [5.41, 5.74) is 0.432. The predicted molar refractivity (Wildman–Crippen MR) is 74.8 cm³/mol. The van der Waals surface area contributed by atoms with Gasteiger partial charge >= 0.3 is 126 Å². The van der Waals surface area contributed by atoms with Crippen molar-refractivity contribution in [1.82, 2.24) is 4.90 Å². The van der Waals surface area contributed by atoms with Crippen LogP contribution in [-0.4, -0.2) is 38.7 Å². The summed E-state index contributed by atoms with van der Waals surface area (Å²) >= 11 is 3.13. The van der Waals surface area contributed by atoms with Gasteiger partial charge in [-0.15, -0.1) is 0 Å². The van der Waals surface area contributed by atoms with Crippen LogP contribution in [0, 0.1) is 10.2 Å². The molecule has 1 unspecified atom stereocenters. The van der Waals surface area contributed by atoms with Gasteiger partial charge in [-0.2, -0.15) is 0 Å². The molecule has 4 nitrogen and oxygen atoms in total. The number of nitrogens with zero attached hydrogens (tertiary/aromatic N) is 2. The van der Waals surface area contributed by atoms with Gasteiger partial charge in [-0.25, -0.2) is 0 Å². The van der Waals surface area contributed by atoms with Crippen molar-refractivity contribution in [2.24, 2.45) is 0 Å². The molecule has 0 spiro atoms. The molecule has 0 fully saturated rings. The minimum absolute atomic E-state index is 0.242. The molecule has 98 valence electrons. The number of fused-ring (bicyclic) bond motifs is 1. The van der Waals surface area contributed by atoms with Gasteiger partial charge in [0.1, 0.15) is 0 Å². The zero-order chi connectivity index (χ0) is 14.2. The Morgan fingerprint density at radius 2 is 2.16 bits per heavy atom. The summed E-state index contributed by atoms with van der Waals surface area (Å²) in [5.74, 6) is -0.530. The maximum atomic E-state index is 12.5. The maximum absolute atomic E-state index is 12.5. The van der Waals surface area contributed by atoms with E-state index >= 15 is 0 Å². The van der Waals surface area contributed by atoms with Crippen LogP contribution < -0.4 is 0 Å². The second-order valence-electron chi connectivity index (χ2n) is 4.54. The Kier molecular flexibility index (Phi) is 3.82. The number of hydrogen-bond acceptors (Lipinski definition) is 3. The Hall–Kier alpha value is -1.15. The van der Waals surface area contributed by atoms with Gasteiger partial charge in [-0.05, 0) is 0 Å². The van der Waals surface area contributed by atoms with E-state index in [0.29, 0.717) is 16.4 Å². The van der Waals surface area contributed by atoms with Crippen LogP contribution in [0.3, 0.4) is 0 Å². The van der Waals surface area contributed by atoms with E-state index in [0.717, 1.165) is 9.37 Å². The molecule has 19 heavy (non-hydrogen) atoms. The van der Waals surface area contributed by atoms with Crippen molar-refractivity contribution in [2.45, 2.75) is 17.7 Å². The third-order valence-corrected chi connectivity index (χ3v) is 5.75. The van der Waals surface area contributed by atoms with Crippen LogP contribution in [0.15, 0.2) is 22.7 Å². The summed E-state index contributed by atoms with van der Waals surface area (Å²) in [5, 5.41) is 9.27. The molecule has 2 amide bonds. The van der Waals surface area contributed by atoms with E-state index in [2.05, 4.69) is 20.9 Å². The Morgan fingerprint density at radius 1 is 1.47 bits per heavy atom. The zero-order valence-corrected chi connectivity index (χ0v) is 13.7. The molecule has 1 aliphatic heterocycles. The molecule has 1 aromatic rings. The molecule has 1 aliphatic rings. The van der Waals surface area contributed by atoms with Crippen LogP contribution >= 0.6 is 15.9 Å². The first-order valence-corrected chi connectivity index (χ1v) is 8.42. The second-order valence-corrected chi connectivity index (χ2v) is 6.99. The van der Waals surface area contributed by atoms with Gasteiger partial charge in [-0.3, -0.25) is 0 Å². The fourth-order valence-electron chi connectivity index (χ4n) is 2.32. The Morgan fingerprint density at radius 3 is 2.79 bits per heavy atom. The molecular weight excluding hydrogens is 375 g/mol. The molecular formula is C13H11BrN2O2Se. The van der Waals surface area contributed by atoms with Gasteiger partial charge < -0.3 is 0 Å². The molecule has 0 aliphatic carbocycles. The van der Waals surface area contributed by atoms with Crippen molar-refractivity contribution < 1.29 is 9.59 Å². The van der Waals surface area contributed by atoms with Crippen molar-refractivity contribution in [3.05, 3.63) is 33.8 Å². The van der Waals surface area contributed by atoms with Crippen molar-refractivity contribution in [2.75, 3.05) is 7.05 Å². The summed E-state index contributed by atoms with van der Waals surface area (Å²) in [6.07, 6.45) is 0. The van der Waals surface area contributed by atoms with Crippen molar-refractivity contribution in [1.29, 1.82) is 5.26 Å². The standard InChI is InChI=1S/C13H11BrN2O2Se/c1-13(6-19-7-15)10-8(4-3-5-9(10)14)11(17)16(2)12(13)18/h3-5H,6H2,1-2H3. The molecule has 0 N–H and O–H groups in total. The number of halogens is 1. The number of rotatable bonds is 2. The first-order chi connectivity index (χ1) is 8.93. The van der Waals surface area contributed by atoms with E-state index in [1.54, 1.807) is 19.1 Å². The second kappa shape index (κ2) is 5.09. The van der Waals surface area contributed by atoms with E-state index < -0.39 is 5.41 Å². The van der Waals surface area contributed by atoms with Crippen molar-refractivity contribution in [3.63, 3.8) is 0 Å².